The molecule has 1 aliphatic heterocycles. The van der Waals surface area contributed by atoms with E-state index in [1.807, 2.05) is 24.3 Å². The molecule has 2 heteroatoms. The predicted molar refractivity (Wildman–Crippen MR) is 68.4 cm³/mol. The second kappa shape index (κ2) is 5.97. The van der Waals surface area contributed by atoms with Crippen molar-refractivity contribution in [1.82, 2.24) is 0 Å². The SMILES string of the molecule is CCc1ccc(C(=O)CCC2CCCO2)cc1. The van der Waals surface area contributed by atoms with Crippen molar-refractivity contribution in [3.05, 3.63) is 35.4 Å². The lowest BCUT2D eigenvalue weighted by Gasteiger charge is -2.08. The van der Waals surface area contributed by atoms with E-state index in [2.05, 4.69) is 6.92 Å². The number of hydrogen-bond acceptors (Lipinski definition) is 2. The van der Waals surface area contributed by atoms with Crippen molar-refractivity contribution >= 4 is 5.78 Å². The smallest absolute Gasteiger partial charge is 0.162 e. The van der Waals surface area contributed by atoms with E-state index in [-0.39, 0.29) is 5.78 Å². The molecule has 1 saturated heterocycles. The molecule has 1 fully saturated rings. The van der Waals surface area contributed by atoms with Crippen molar-refractivity contribution in [2.75, 3.05) is 6.61 Å². The van der Waals surface area contributed by atoms with Gasteiger partial charge in [-0.15, -0.1) is 0 Å². The topological polar surface area (TPSA) is 26.3 Å². The van der Waals surface area contributed by atoms with Gasteiger partial charge in [-0.2, -0.15) is 0 Å². The van der Waals surface area contributed by atoms with Crippen LogP contribution in [0.25, 0.3) is 0 Å². The van der Waals surface area contributed by atoms with Gasteiger partial charge in [0, 0.05) is 18.6 Å². The molecule has 0 spiro atoms. The van der Waals surface area contributed by atoms with Crippen LogP contribution in [0.2, 0.25) is 0 Å². The molecule has 2 nitrogen and oxygen atoms in total. The summed E-state index contributed by atoms with van der Waals surface area (Å²) < 4.78 is 5.52. The maximum Gasteiger partial charge on any atom is 0.162 e. The highest BCUT2D eigenvalue weighted by Gasteiger charge is 2.17. The van der Waals surface area contributed by atoms with Crippen molar-refractivity contribution in [2.45, 2.75) is 45.1 Å². The highest BCUT2D eigenvalue weighted by atomic mass is 16.5. The van der Waals surface area contributed by atoms with E-state index in [4.69, 9.17) is 4.74 Å². The molecule has 0 saturated carbocycles. The molecule has 1 aliphatic rings. The van der Waals surface area contributed by atoms with E-state index in [0.717, 1.165) is 37.9 Å². The Morgan fingerprint density at radius 1 is 1.35 bits per heavy atom. The Morgan fingerprint density at radius 2 is 2.12 bits per heavy atom. The summed E-state index contributed by atoms with van der Waals surface area (Å²) >= 11 is 0. The third-order valence-corrected chi connectivity index (χ3v) is 3.40. The van der Waals surface area contributed by atoms with Crippen molar-refractivity contribution in [1.29, 1.82) is 0 Å². The summed E-state index contributed by atoms with van der Waals surface area (Å²) in [4.78, 5) is 11.9. The zero-order chi connectivity index (χ0) is 12.1. The molecular formula is C15H20O2. The van der Waals surface area contributed by atoms with Gasteiger partial charge in [0.15, 0.2) is 5.78 Å². The molecule has 17 heavy (non-hydrogen) atoms. The van der Waals surface area contributed by atoms with Crippen LogP contribution in [0, 0.1) is 0 Å². The third kappa shape index (κ3) is 3.40. The summed E-state index contributed by atoms with van der Waals surface area (Å²) in [6.07, 6.45) is 5.06. The number of rotatable bonds is 5. The van der Waals surface area contributed by atoms with Gasteiger partial charge in [0.05, 0.1) is 6.10 Å². The zero-order valence-corrected chi connectivity index (χ0v) is 10.4. The lowest BCUT2D eigenvalue weighted by Crippen LogP contribution is -2.08. The lowest BCUT2D eigenvalue weighted by molar-refractivity contribution is 0.0859. The zero-order valence-electron chi connectivity index (χ0n) is 10.4. The first-order valence-electron chi connectivity index (χ1n) is 6.53. The standard InChI is InChI=1S/C15H20O2/c1-2-12-5-7-13(8-6-12)15(16)10-9-14-4-3-11-17-14/h5-8,14H,2-4,9-11H2,1H3. The second-order valence-corrected chi connectivity index (χ2v) is 4.65. The molecule has 0 aromatic heterocycles. The molecule has 2 rings (SSSR count). The second-order valence-electron chi connectivity index (χ2n) is 4.65. The molecule has 1 unspecified atom stereocenters. The third-order valence-electron chi connectivity index (χ3n) is 3.40. The maximum atomic E-state index is 11.9. The minimum absolute atomic E-state index is 0.239. The molecule has 92 valence electrons. The van der Waals surface area contributed by atoms with E-state index in [0.29, 0.717) is 12.5 Å². The Balaban J connectivity index is 1.85. The number of Topliss-reactive ketones (excluding diaryl/α,β-unsaturated/α-hetero) is 1. The van der Waals surface area contributed by atoms with E-state index >= 15 is 0 Å². The first-order valence-corrected chi connectivity index (χ1v) is 6.53. The summed E-state index contributed by atoms with van der Waals surface area (Å²) in [6, 6.07) is 7.96. The summed E-state index contributed by atoms with van der Waals surface area (Å²) in [5.41, 5.74) is 2.11. The first-order chi connectivity index (χ1) is 8.29. The van der Waals surface area contributed by atoms with Crippen molar-refractivity contribution in [2.24, 2.45) is 0 Å². The number of aryl methyl sites for hydroxylation is 1. The van der Waals surface area contributed by atoms with Gasteiger partial charge in [-0.1, -0.05) is 31.2 Å². The Bertz CT molecular complexity index is 361. The number of hydrogen-bond donors (Lipinski definition) is 0. The summed E-state index contributed by atoms with van der Waals surface area (Å²) in [7, 11) is 0. The van der Waals surface area contributed by atoms with E-state index in [9.17, 15) is 4.79 Å². The van der Waals surface area contributed by atoms with Gasteiger partial charge in [-0.3, -0.25) is 4.79 Å². The number of ketones is 1. The van der Waals surface area contributed by atoms with Gasteiger partial charge >= 0.3 is 0 Å². The molecule has 0 amide bonds. The van der Waals surface area contributed by atoms with Gasteiger partial charge in [0.25, 0.3) is 0 Å². The van der Waals surface area contributed by atoms with Crippen LogP contribution in [-0.2, 0) is 11.2 Å². The molecule has 0 aliphatic carbocycles. The van der Waals surface area contributed by atoms with Crippen molar-refractivity contribution < 1.29 is 9.53 Å². The van der Waals surface area contributed by atoms with Crippen LogP contribution in [-0.4, -0.2) is 18.5 Å². The minimum Gasteiger partial charge on any atom is -0.378 e. The quantitative estimate of drug-likeness (QED) is 0.727. The fourth-order valence-electron chi connectivity index (χ4n) is 2.23. The Labute approximate surface area is 103 Å². The number of benzene rings is 1. The predicted octanol–water partition coefficient (Wildman–Crippen LogP) is 3.39. The van der Waals surface area contributed by atoms with Crippen LogP contribution in [0.4, 0.5) is 0 Å². The van der Waals surface area contributed by atoms with Crippen LogP contribution in [0.5, 0.6) is 0 Å². The van der Waals surface area contributed by atoms with Gasteiger partial charge in [-0.05, 0) is 31.2 Å². The average Bonchev–Trinajstić information content (AvgIpc) is 2.89. The fraction of sp³-hybridized carbons (Fsp3) is 0.533. The Hall–Kier alpha value is -1.15. The highest BCUT2D eigenvalue weighted by Crippen LogP contribution is 2.18. The fourth-order valence-corrected chi connectivity index (χ4v) is 2.23. The van der Waals surface area contributed by atoms with E-state index in [1.54, 1.807) is 0 Å². The number of ether oxygens (including phenoxy) is 1. The van der Waals surface area contributed by atoms with Crippen LogP contribution in [0.3, 0.4) is 0 Å². The van der Waals surface area contributed by atoms with Crippen LogP contribution in [0.15, 0.2) is 24.3 Å². The minimum atomic E-state index is 0.239. The van der Waals surface area contributed by atoms with Crippen molar-refractivity contribution in [3.8, 4) is 0 Å². The van der Waals surface area contributed by atoms with Gasteiger partial charge in [0.2, 0.25) is 0 Å². The summed E-state index contributed by atoms with van der Waals surface area (Å²) in [5, 5.41) is 0. The van der Waals surface area contributed by atoms with Crippen LogP contribution >= 0.6 is 0 Å². The maximum absolute atomic E-state index is 11.9. The number of carbonyl (C=O) groups excluding carboxylic acids is 1. The van der Waals surface area contributed by atoms with Crippen LogP contribution < -0.4 is 0 Å². The molecular weight excluding hydrogens is 212 g/mol. The molecule has 1 atom stereocenters. The summed E-state index contributed by atoms with van der Waals surface area (Å²) in [5.74, 6) is 0.239. The highest BCUT2D eigenvalue weighted by molar-refractivity contribution is 5.96. The largest absolute Gasteiger partial charge is 0.378 e. The normalized spacial score (nSPS) is 19.5. The van der Waals surface area contributed by atoms with Crippen LogP contribution in [0.1, 0.15) is 48.5 Å². The van der Waals surface area contributed by atoms with Gasteiger partial charge in [-0.25, -0.2) is 0 Å². The summed E-state index contributed by atoms with van der Waals surface area (Å²) in [6.45, 7) is 2.98. The molecule has 1 heterocycles. The molecule has 1 aromatic carbocycles. The van der Waals surface area contributed by atoms with Crippen molar-refractivity contribution in [3.63, 3.8) is 0 Å². The first kappa shape index (κ1) is 12.3. The Morgan fingerprint density at radius 3 is 2.71 bits per heavy atom. The monoisotopic (exact) mass is 232 g/mol. The van der Waals surface area contributed by atoms with E-state index in [1.165, 1.54) is 5.56 Å². The lowest BCUT2D eigenvalue weighted by atomic mass is 10.0. The van der Waals surface area contributed by atoms with Gasteiger partial charge < -0.3 is 4.74 Å². The average molecular weight is 232 g/mol. The van der Waals surface area contributed by atoms with Gasteiger partial charge in [0.1, 0.15) is 0 Å². The molecule has 0 N–H and O–H groups in total. The Kier molecular flexibility index (Phi) is 4.32. The number of carbonyl (C=O) groups is 1. The molecule has 0 bridgehead atoms. The van der Waals surface area contributed by atoms with E-state index < -0.39 is 0 Å². The molecule has 1 aromatic rings. The molecule has 0 radical (unpaired) electrons.